The first-order chi connectivity index (χ1) is 10.1. The SMILES string of the molecule is CCN1CCCC(Nc2cc(Cl)ccc2C(=O)OC)CC1. The number of anilines is 1. The predicted molar refractivity (Wildman–Crippen MR) is 86.2 cm³/mol. The first kappa shape index (κ1) is 16.1. The average molecular weight is 311 g/mol. The van der Waals surface area contributed by atoms with Gasteiger partial charge in [-0.3, -0.25) is 0 Å². The van der Waals surface area contributed by atoms with Crippen molar-refractivity contribution < 1.29 is 9.53 Å². The van der Waals surface area contributed by atoms with Crippen molar-refractivity contribution in [3.05, 3.63) is 28.8 Å². The first-order valence-corrected chi connectivity index (χ1v) is 7.88. The van der Waals surface area contributed by atoms with Gasteiger partial charge in [0, 0.05) is 17.6 Å². The zero-order valence-corrected chi connectivity index (χ0v) is 13.4. The Balaban J connectivity index is 2.11. The number of carbonyl (C=O) groups excluding carboxylic acids is 1. The third-order valence-electron chi connectivity index (χ3n) is 4.01. The zero-order chi connectivity index (χ0) is 15.2. The molecule has 1 aromatic carbocycles. The molecule has 1 aliphatic heterocycles. The maximum atomic E-state index is 11.8. The van der Waals surface area contributed by atoms with Gasteiger partial charge in [-0.25, -0.2) is 4.79 Å². The van der Waals surface area contributed by atoms with Crippen molar-refractivity contribution in [2.45, 2.75) is 32.2 Å². The Morgan fingerprint density at radius 1 is 1.43 bits per heavy atom. The monoisotopic (exact) mass is 310 g/mol. The largest absolute Gasteiger partial charge is 0.465 e. The van der Waals surface area contributed by atoms with E-state index in [1.807, 2.05) is 0 Å². The summed E-state index contributed by atoms with van der Waals surface area (Å²) >= 11 is 6.06. The van der Waals surface area contributed by atoms with Gasteiger partial charge in [0.05, 0.1) is 18.4 Å². The van der Waals surface area contributed by atoms with Crippen molar-refractivity contribution >= 4 is 23.3 Å². The number of hydrogen-bond acceptors (Lipinski definition) is 4. The predicted octanol–water partition coefficient (Wildman–Crippen LogP) is 3.41. The number of likely N-dealkylation sites (tertiary alicyclic amines) is 1. The number of carbonyl (C=O) groups is 1. The summed E-state index contributed by atoms with van der Waals surface area (Å²) in [6.45, 7) is 5.52. The van der Waals surface area contributed by atoms with Crippen LogP contribution >= 0.6 is 11.6 Å². The number of ether oxygens (including phenoxy) is 1. The van der Waals surface area contributed by atoms with Crippen LogP contribution in [-0.4, -0.2) is 43.7 Å². The molecule has 0 spiro atoms. The van der Waals surface area contributed by atoms with Crippen LogP contribution in [0.25, 0.3) is 0 Å². The van der Waals surface area contributed by atoms with E-state index in [1.54, 1.807) is 18.2 Å². The lowest BCUT2D eigenvalue weighted by atomic mass is 10.1. The van der Waals surface area contributed by atoms with Gasteiger partial charge >= 0.3 is 5.97 Å². The molecule has 21 heavy (non-hydrogen) atoms. The Labute approximate surface area is 131 Å². The van der Waals surface area contributed by atoms with Crippen molar-refractivity contribution in [2.75, 3.05) is 32.1 Å². The molecular weight excluding hydrogens is 288 g/mol. The van der Waals surface area contributed by atoms with Crippen LogP contribution in [0.1, 0.15) is 36.5 Å². The second kappa shape index (κ2) is 7.66. The summed E-state index contributed by atoms with van der Waals surface area (Å²) in [5.74, 6) is -0.335. The van der Waals surface area contributed by atoms with Crippen LogP contribution in [0.5, 0.6) is 0 Å². The van der Waals surface area contributed by atoms with Gasteiger partial charge in [-0.05, 0) is 50.6 Å². The van der Waals surface area contributed by atoms with Gasteiger partial charge in [-0.2, -0.15) is 0 Å². The number of hydrogen-bond donors (Lipinski definition) is 1. The van der Waals surface area contributed by atoms with Crippen LogP contribution in [0.15, 0.2) is 18.2 Å². The molecule has 1 heterocycles. The Morgan fingerprint density at radius 3 is 2.95 bits per heavy atom. The third kappa shape index (κ3) is 4.35. The van der Waals surface area contributed by atoms with Crippen LogP contribution in [-0.2, 0) is 4.74 Å². The van der Waals surface area contributed by atoms with E-state index < -0.39 is 0 Å². The highest BCUT2D eigenvalue weighted by atomic mass is 35.5. The van der Waals surface area contributed by atoms with Gasteiger partial charge in [0.15, 0.2) is 0 Å². The minimum Gasteiger partial charge on any atom is -0.465 e. The molecule has 0 saturated carbocycles. The van der Waals surface area contributed by atoms with E-state index in [9.17, 15) is 4.79 Å². The molecule has 1 saturated heterocycles. The average Bonchev–Trinajstić information content (AvgIpc) is 2.72. The third-order valence-corrected chi connectivity index (χ3v) is 4.25. The minimum atomic E-state index is -0.335. The standard InChI is InChI=1S/C16H23ClN2O2/c1-3-19-9-4-5-13(8-10-19)18-15-11-12(17)6-7-14(15)16(20)21-2/h6-7,11,13,18H,3-5,8-10H2,1-2H3. The van der Waals surface area contributed by atoms with Crippen molar-refractivity contribution in [3.63, 3.8) is 0 Å². The lowest BCUT2D eigenvalue weighted by Gasteiger charge is -2.20. The molecule has 1 aliphatic rings. The Hall–Kier alpha value is -1.26. The normalized spacial score (nSPS) is 19.9. The van der Waals surface area contributed by atoms with Crippen molar-refractivity contribution in [1.82, 2.24) is 4.90 Å². The van der Waals surface area contributed by atoms with E-state index in [-0.39, 0.29) is 5.97 Å². The van der Waals surface area contributed by atoms with Gasteiger partial charge in [0.25, 0.3) is 0 Å². The van der Waals surface area contributed by atoms with Crippen LogP contribution < -0.4 is 5.32 Å². The summed E-state index contributed by atoms with van der Waals surface area (Å²) in [6, 6.07) is 5.59. The molecular formula is C16H23ClN2O2. The quantitative estimate of drug-likeness (QED) is 0.865. The highest BCUT2D eigenvalue weighted by Gasteiger charge is 2.19. The first-order valence-electron chi connectivity index (χ1n) is 7.50. The molecule has 1 atom stereocenters. The molecule has 0 amide bonds. The molecule has 1 aromatic rings. The summed E-state index contributed by atoms with van der Waals surface area (Å²) in [5.41, 5.74) is 1.31. The summed E-state index contributed by atoms with van der Waals surface area (Å²) < 4.78 is 4.83. The Bertz CT molecular complexity index is 493. The van der Waals surface area contributed by atoms with Gasteiger partial charge in [0.2, 0.25) is 0 Å². The molecule has 0 aromatic heterocycles. The lowest BCUT2D eigenvalue weighted by Crippen LogP contribution is -2.26. The molecule has 4 nitrogen and oxygen atoms in total. The molecule has 1 unspecified atom stereocenters. The molecule has 2 rings (SSSR count). The van der Waals surface area contributed by atoms with E-state index in [0.717, 1.165) is 38.2 Å². The van der Waals surface area contributed by atoms with Gasteiger partial charge < -0.3 is 15.0 Å². The van der Waals surface area contributed by atoms with E-state index in [1.165, 1.54) is 13.5 Å². The van der Waals surface area contributed by atoms with E-state index in [4.69, 9.17) is 16.3 Å². The topological polar surface area (TPSA) is 41.6 Å². The molecule has 1 N–H and O–H groups in total. The van der Waals surface area contributed by atoms with Gasteiger partial charge in [-0.1, -0.05) is 18.5 Å². The number of benzene rings is 1. The van der Waals surface area contributed by atoms with Crippen molar-refractivity contribution in [2.24, 2.45) is 0 Å². The molecule has 0 radical (unpaired) electrons. The number of halogens is 1. The van der Waals surface area contributed by atoms with Crippen LogP contribution in [0.2, 0.25) is 5.02 Å². The summed E-state index contributed by atoms with van der Waals surface area (Å²) in [5, 5.41) is 4.10. The summed E-state index contributed by atoms with van der Waals surface area (Å²) in [7, 11) is 1.39. The van der Waals surface area contributed by atoms with Crippen molar-refractivity contribution in [3.8, 4) is 0 Å². The van der Waals surface area contributed by atoms with Gasteiger partial charge in [0.1, 0.15) is 0 Å². The second-order valence-electron chi connectivity index (χ2n) is 5.39. The van der Waals surface area contributed by atoms with Crippen LogP contribution in [0.3, 0.4) is 0 Å². The molecule has 0 aliphatic carbocycles. The maximum absolute atomic E-state index is 11.8. The fourth-order valence-electron chi connectivity index (χ4n) is 2.76. The number of rotatable bonds is 4. The van der Waals surface area contributed by atoms with Gasteiger partial charge in [-0.15, -0.1) is 0 Å². The highest BCUT2D eigenvalue weighted by molar-refractivity contribution is 6.31. The lowest BCUT2D eigenvalue weighted by molar-refractivity contribution is 0.0602. The van der Waals surface area contributed by atoms with E-state index in [0.29, 0.717) is 16.6 Å². The smallest absolute Gasteiger partial charge is 0.339 e. The van der Waals surface area contributed by atoms with Crippen molar-refractivity contribution in [1.29, 1.82) is 0 Å². The van der Waals surface area contributed by atoms with E-state index >= 15 is 0 Å². The number of methoxy groups -OCH3 is 1. The Kier molecular flexibility index (Phi) is 5.88. The minimum absolute atomic E-state index is 0.335. The number of nitrogens with one attached hydrogen (secondary N) is 1. The fourth-order valence-corrected chi connectivity index (χ4v) is 2.93. The highest BCUT2D eigenvalue weighted by Crippen LogP contribution is 2.25. The Morgan fingerprint density at radius 2 is 2.24 bits per heavy atom. The fraction of sp³-hybridized carbons (Fsp3) is 0.562. The second-order valence-corrected chi connectivity index (χ2v) is 5.82. The maximum Gasteiger partial charge on any atom is 0.339 e. The number of nitrogens with zero attached hydrogens (tertiary/aromatic N) is 1. The zero-order valence-electron chi connectivity index (χ0n) is 12.7. The molecule has 5 heteroatoms. The van der Waals surface area contributed by atoms with E-state index in [2.05, 4.69) is 17.1 Å². The van der Waals surface area contributed by atoms with Crippen LogP contribution in [0.4, 0.5) is 5.69 Å². The summed E-state index contributed by atoms with van der Waals surface area (Å²) in [4.78, 5) is 14.3. The molecule has 0 bridgehead atoms. The number of esters is 1. The van der Waals surface area contributed by atoms with Crippen LogP contribution in [0, 0.1) is 0 Å². The molecule has 1 fully saturated rings. The summed E-state index contributed by atoms with van der Waals surface area (Å²) in [6.07, 6.45) is 3.34. The molecule has 116 valence electrons.